The van der Waals surface area contributed by atoms with E-state index in [9.17, 15) is 18.0 Å². The van der Waals surface area contributed by atoms with E-state index in [0.29, 0.717) is 29.5 Å². The van der Waals surface area contributed by atoms with Crippen molar-refractivity contribution >= 4 is 49.0 Å². The van der Waals surface area contributed by atoms with E-state index in [1.54, 1.807) is 24.0 Å². The van der Waals surface area contributed by atoms with Crippen molar-refractivity contribution in [3.8, 4) is 0 Å². The highest BCUT2D eigenvalue weighted by Crippen LogP contribution is 2.36. The Morgan fingerprint density at radius 2 is 1.88 bits per heavy atom. The molecule has 0 aromatic heterocycles. The van der Waals surface area contributed by atoms with Gasteiger partial charge in [0.25, 0.3) is 0 Å². The number of aryl methyl sites for hydroxylation is 1. The average Bonchev–Trinajstić information content (AvgIpc) is 3.19. The zero-order valence-electron chi connectivity index (χ0n) is 18.1. The standard InChI is InChI=1S/C24H27BrN2O4S/c1-2-24(29)27-12-10-17-14-19(25)22(15-21(17)27)32(30,31)13-11-23(28)26-20-9-5-7-16-6-3-4-8-18(16)20/h5,7,9,14-15H,2-4,6,8,10-13H2,1H3,(H,26,28). The summed E-state index contributed by atoms with van der Waals surface area (Å²) >= 11 is 3.38. The molecule has 0 saturated carbocycles. The summed E-state index contributed by atoms with van der Waals surface area (Å²) in [4.78, 5) is 26.6. The van der Waals surface area contributed by atoms with Crippen LogP contribution in [-0.2, 0) is 38.7 Å². The molecule has 4 rings (SSSR count). The summed E-state index contributed by atoms with van der Waals surface area (Å²) in [5.74, 6) is -0.639. The Morgan fingerprint density at radius 1 is 1.09 bits per heavy atom. The minimum absolute atomic E-state index is 0.0278. The van der Waals surface area contributed by atoms with Crippen molar-refractivity contribution in [3.05, 3.63) is 51.5 Å². The van der Waals surface area contributed by atoms with Gasteiger partial charge >= 0.3 is 0 Å². The number of nitrogens with one attached hydrogen (secondary N) is 1. The molecule has 2 aliphatic rings. The van der Waals surface area contributed by atoms with E-state index >= 15 is 0 Å². The molecule has 2 aromatic rings. The summed E-state index contributed by atoms with van der Waals surface area (Å²) in [6, 6.07) is 9.25. The number of hydrogen-bond donors (Lipinski definition) is 1. The van der Waals surface area contributed by atoms with Gasteiger partial charge in [0.2, 0.25) is 11.8 Å². The van der Waals surface area contributed by atoms with Gasteiger partial charge in [0.05, 0.1) is 10.6 Å². The van der Waals surface area contributed by atoms with E-state index in [-0.39, 0.29) is 28.9 Å². The molecular formula is C24H27BrN2O4S. The first-order chi connectivity index (χ1) is 15.3. The van der Waals surface area contributed by atoms with Crippen LogP contribution >= 0.6 is 15.9 Å². The van der Waals surface area contributed by atoms with Crippen LogP contribution < -0.4 is 10.2 Å². The molecule has 0 radical (unpaired) electrons. The normalized spacial score (nSPS) is 15.2. The second-order valence-corrected chi connectivity index (χ2v) is 11.3. The van der Waals surface area contributed by atoms with Crippen LogP contribution in [0.5, 0.6) is 0 Å². The minimum Gasteiger partial charge on any atom is -0.326 e. The van der Waals surface area contributed by atoms with Crippen LogP contribution in [0, 0.1) is 0 Å². The maximum atomic E-state index is 13.1. The summed E-state index contributed by atoms with van der Waals surface area (Å²) in [6.45, 7) is 2.35. The lowest BCUT2D eigenvalue weighted by Crippen LogP contribution is -2.28. The van der Waals surface area contributed by atoms with Crippen LogP contribution in [0.1, 0.15) is 49.3 Å². The van der Waals surface area contributed by atoms with Gasteiger partial charge in [-0.1, -0.05) is 19.1 Å². The van der Waals surface area contributed by atoms with Gasteiger partial charge < -0.3 is 10.2 Å². The zero-order chi connectivity index (χ0) is 22.9. The van der Waals surface area contributed by atoms with Gasteiger partial charge in [0, 0.05) is 35.2 Å². The zero-order valence-corrected chi connectivity index (χ0v) is 20.5. The number of carbonyl (C=O) groups is 2. The predicted octanol–water partition coefficient (Wildman–Crippen LogP) is 4.43. The highest BCUT2D eigenvalue weighted by atomic mass is 79.9. The molecule has 1 aliphatic heterocycles. The van der Waals surface area contributed by atoms with Crippen molar-refractivity contribution in [1.82, 2.24) is 0 Å². The van der Waals surface area contributed by atoms with Gasteiger partial charge in [0.15, 0.2) is 9.84 Å². The largest absolute Gasteiger partial charge is 0.326 e. The summed E-state index contributed by atoms with van der Waals surface area (Å²) < 4.78 is 26.6. The molecule has 2 amide bonds. The fraction of sp³-hybridized carbons (Fsp3) is 0.417. The summed E-state index contributed by atoms with van der Waals surface area (Å²) in [7, 11) is -3.72. The van der Waals surface area contributed by atoms with Gasteiger partial charge in [-0.05, 0) is 82.9 Å². The number of fused-ring (bicyclic) bond motifs is 2. The Labute approximate surface area is 197 Å². The second kappa shape index (κ2) is 9.35. The number of hydrogen-bond acceptors (Lipinski definition) is 4. The Hall–Kier alpha value is -2.19. The molecule has 2 aromatic carbocycles. The Morgan fingerprint density at radius 3 is 2.66 bits per heavy atom. The first-order valence-electron chi connectivity index (χ1n) is 11.1. The number of benzene rings is 2. The minimum atomic E-state index is -3.72. The smallest absolute Gasteiger partial charge is 0.226 e. The van der Waals surface area contributed by atoms with Gasteiger partial charge in [-0.25, -0.2) is 8.42 Å². The third-order valence-electron chi connectivity index (χ3n) is 6.24. The van der Waals surface area contributed by atoms with E-state index in [0.717, 1.165) is 42.5 Å². The van der Waals surface area contributed by atoms with Crippen molar-refractivity contribution < 1.29 is 18.0 Å². The van der Waals surface area contributed by atoms with Crippen LogP contribution in [0.15, 0.2) is 39.7 Å². The van der Waals surface area contributed by atoms with E-state index < -0.39 is 9.84 Å². The average molecular weight is 519 g/mol. The Balaban J connectivity index is 1.48. The topological polar surface area (TPSA) is 83.6 Å². The van der Waals surface area contributed by atoms with Crippen LogP contribution in [0.25, 0.3) is 0 Å². The van der Waals surface area contributed by atoms with Crippen LogP contribution in [0.2, 0.25) is 0 Å². The molecule has 1 heterocycles. The highest BCUT2D eigenvalue weighted by molar-refractivity contribution is 9.10. The number of anilines is 2. The van der Waals surface area contributed by atoms with Gasteiger partial charge in [-0.15, -0.1) is 0 Å². The van der Waals surface area contributed by atoms with Crippen LogP contribution in [0.4, 0.5) is 11.4 Å². The van der Waals surface area contributed by atoms with Crippen LogP contribution in [-0.4, -0.2) is 32.5 Å². The Bertz CT molecular complexity index is 1180. The third kappa shape index (κ3) is 4.62. The number of carbonyl (C=O) groups excluding carboxylic acids is 2. The molecule has 0 atom stereocenters. The first kappa shape index (κ1) is 23.0. The van der Waals surface area contributed by atoms with E-state index in [1.165, 1.54) is 5.56 Å². The maximum Gasteiger partial charge on any atom is 0.226 e. The van der Waals surface area contributed by atoms with Crippen molar-refractivity contribution in [2.75, 3.05) is 22.5 Å². The lowest BCUT2D eigenvalue weighted by atomic mass is 9.90. The molecule has 1 aliphatic carbocycles. The summed E-state index contributed by atoms with van der Waals surface area (Å²) in [5, 5.41) is 2.91. The van der Waals surface area contributed by atoms with E-state index in [2.05, 4.69) is 27.3 Å². The first-order valence-corrected chi connectivity index (χ1v) is 13.5. The van der Waals surface area contributed by atoms with E-state index in [1.807, 2.05) is 12.1 Å². The number of sulfone groups is 1. The number of nitrogens with zero attached hydrogens (tertiary/aromatic N) is 1. The molecule has 32 heavy (non-hydrogen) atoms. The molecule has 0 saturated heterocycles. The van der Waals surface area contributed by atoms with Gasteiger partial charge in [0.1, 0.15) is 0 Å². The lowest BCUT2D eigenvalue weighted by molar-refractivity contribution is -0.118. The molecule has 0 spiro atoms. The quantitative estimate of drug-likeness (QED) is 0.612. The van der Waals surface area contributed by atoms with Gasteiger partial charge in [-0.3, -0.25) is 9.59 Å². The fourth-order valence-corrected chi connectivity index (χ4v) is 6.98. The lowest BCUT2D eigenvalue weighted by Gasteiger charge is -2.19. The number of rotatable bonds is 6. The maximum absolute atomic E-state index is 13.1. The fourth-order valence-electron chi connectivity index (χ4n) is 4.52. The number of halogens is 1. The van der Waals surface area contributed by atoms with Crippen molar-refractivity contribution in [1.29, 1.82) is 0 Å². The van der Waals surface area contributed by atoms with Crippen LogP contribution in [0.3, 0.4) is 0 Å². The monoisotopic (exact) mass is 518 g/mol. The molecule has 1 N–H and O–H groups in total. The summed E-state index contributed by atoms with van der Waals surface area (Å²) in [6.07, 6.45) is 5.12. The predicted molar refractivity (Wildman–Crippen MR) is 129 cm³/mol. The van der Waals surface area contributed by atoms with Crippen molar-refractivity contribution in [2.24, 2.45) is 0 Å². The summed E-state index contributed by atoms with van der Waals surface area (Å²) in [5.41, 5.74) is 4.81. The second-order valence-electron chi connectivity index (χ2n) is 8.33. The molecule has 0 unspecified atom stereocenters. The SMILES string of the molecule is CCC(=O)N1CCc2cc(Br)c(S(=O)(=O)CCC(=O)Nc3cccc4c3CCCC4)cc21. The molecule has 6 nitrogen and oxygen atoms in total. The molecule has 0 fully saturated rings. The molecule has 8 heteroatoms. The third-order valence-corrected chi connectivity index (χ3v) is 8.90. The van der Waals surface area contributed by atoms with Crippen molar-refractivity contribution in [3.63, 3.8) is 0 Å². The Kier molecular flexibility index (Phi) is 6.72. The number of amides is 2. The van der Waals surface area contributed by atoms with E-state index in [4.69, 9.17) is 0 Å². The van der Waals surface area contributed by atoms with Crippen molar-refractivity contribution in [2.45, 2.75) is 56.8 Å². The molecule has 0 bridgehead atoms. The highest BCUT2D eigenvalue weighted by Gasteiger charge is 2.28. The molecule has 170 valence electrons. The molecular weight excluding hydrogens is 492 g/mol. The van der Waals surface area contributed by atoms with Gasteiger partial charge in [-0.2, -0.15) is 0 Å².